The van der Waals surface area contributed by atoms with Crippen molar-refractivity contribution < 1.29 is 0 Å². The van der Waals surface area contributed by atoms with E-state index >= 15 is 0 Å². The van der Waals surface area contributed by atoms with Gasteiger partial charge in [0, 0.05) is 19.8 Å². The van der Waals surface area contributed by atoms with Crippen LogP contribution in [-0.2, 0) is 13.6 Å². The van der Waals surface area contributed by atoms with Crippen molar-refractivity contribution in [2.24, 2.45) is 13.0 Å². The summed E-state index contributed by atoms with van der Waals surface area (Å²) in [7, 11) is 1.97. The molecule has 0 bridgehead atoms. The fraction of sp³-hybridized carbons (Fsp3) is 0.727. The second-order valence-corrected chi connectivity index (χ2v) is 4.44. The third-order valence-electron chi connectivity index (χ3n) is 3.03. The summed E-state index contributed by atoms with van der Waals surface area (Å²) in [6, 6.07) is 2.11. The number of aryl methyl sites for hydroxylation is 1. The average molecular weight is 193 g/mol. The lowest BCUT2D eigenvalue weighted by Crippen LogP contribution is -2.32. The molecule has 0 saturated carbocycles. The Kier molecular flexibility index (Phi) is 2.87. The minimum atomic E-state index is 0.912. The Morgan fingerprint density at radius 1 is 1.43 bits per heavy atom. The van der Waals surface area contributed by atoms with E-state index < -0.39 is 0 Å². The fourth-order valence-corrected chi connectivity index (χ4v) is 2.00. The second kappa shape index (κ2) is 4.13. The number of rotatable bonds is 2. The topological polar surface area (TPSA) is 21.1 Å². The van der Waals surface area contributed by atoms with Crippen LogP contribution in [0.3, 0.4) is 0 Å². The van der Waals surface area contributed by atoms with Gasteiger partial charge in [-0.1, -0.05) is 6.92 Å². The van der Waals surface area contributed by atoms with E-state index in [0.29, 0.717) is 0 Å². The van der Waals surface area contributed by atoms with Crippen molar-refractivity contribution in [1.29, 1.82) is 0 Å². The van der Waals surface area contributed by atoms with Crippen LogP contribution in [0.5, 0.6) is 0 Å². The SMILES string of the molecule is CC1CCN(Cc2ccn(C)n2)CC1. The molecule has 2 rings (SSSR count). The van der Waals surface area contributed by atoms with E-state index in [1.165, 1.54) is 31.6 Å². The summed E-state index contributed by atoms with van der Waals surface area (Å²) in [5, 5.41) is 4.40. The largest absolute Gasteiger partial charge is 0.297 e. The predicted octanol–water partition coefficient (Wildman–Crippen LogP) is 1.65. The highest BCUT2D eigenvalue weighted by atomic mass is 15.3. The molecule has 2 heterocycles. The molecular formula is C11H19N3. The first-order valence-corrected chi connectivity index (χ1v) is 5.45. The van der Waals surface area contributed by atoms with Crippen LogP contribution in [0.2, 0.25) is 0 Å². The number of piperidine rings is 1. The van der Waals surface area contributed by atoms with Gasteiger partial charge >= 0.3 is 0 Å². The van der Waals surface area contributed by atoms with Gasteiger partial charge in [-0.3, -0.25) is 9.58 Å². The summed E-state index contributed by atoms with van der Waals surface area (Å²) in [6.07, 6.45) is 4.70. The van der Waals surface area contributed by atoms with Gasteiger partial charge in [0.15, 0.2) is 0 Å². The fourth-order valence-electron chi connectivity index (χ4n) is 2.00. The maximum atomic E-state index is 4.40. The van der Waals surface area contributed by atoms with E-state index in [9.17, 15) is 0 Å². The Bertz CT molecular complexity index is 284. The molecule has 0 atom stereocenters. The zero-order chi connectivity index (χ0) is 9.97. The summed E-state index contributed by atoms with van der Waals surface area (Å²) < 4.78 is 1.88. The summed E-state index contributed by atoms with van der Waals surface area (Å²) in [4.78, 5) is 2.50. The van der Waals surface area contributed by atoms with Crippen LogP contribution in [0.4, 0.5) is 0 Å². The maximum Gasteiger partial charge on any atom is 0.0764 e. The highest BCUT2D eigenvalue weighted by Crippen LogP contribution is 2.17. The molecule has 1 aliphatic heterocycles. The molecule has 1 aliphatic rings. The monoisotopic (exact) mass is 193 g/mol. The van der Waals surface area contributed by atoms with Gasteiger partial charge in [-0.25, -0.2) is 0 Å². The molecule has 3 heteroatoms. The van der Waals surface area contributed by atoms with Crippen LogP contribution in [0, 0.1) is 5.92 Å². The smallest absolute Gasteiger partial charge is 0.0764 e. The molecule has 1 aromatic heterocycles. The van der Waals surface area contributed by atoms with Crippen LogP contribution in [0.15, 0.2) is 12.3 Å². The quantitative estimate of drug-likeness (QED) is 0.712. The first kappa shape index (κ1) is 9.71. The molecule has 1 saturated heterocycles. The third-order valence-corrected chi connectivity index (χ3v) is 3.03. The van der Waals surface area contributed by atoms with Gasteiger partial charge < -0.3 is 0 Å². The van der Waals surface area contributed by atoms with Crippen molar-refractivity contribution in [2.75, 3.05) is 13.1 Å². The van der Waals surface area contributed by atoms with Crippen molar-refractivity contribution in [3.63, 3.8) is 0 Å². The summed E-state index contributed by atoms with van der Waals surface area (Å²) in [6.45, 7) is 5.83. The van der Waals surface area contributed by atoms with E-state index in [0.717, 1.165) is 12.5 Å². The molecular weight excluding hydrogens is 174 g/mol. The zero-order valence-corrected chi connectivity index (χ0v) is 9.11. The number of aromatic nitrogens is 2. The van der Waals surface area contributed by atoms with Crippen molar-refractivity contribution >= 4 is 0 Å². The third kappa shape index (κ3) is 2.35. The van der Waals surface area contributed by atoms with Crippen LogP contribution < -0.4 is 0 Å². The van der Waals surface area contributed by atoms with Gasteiger partial charge in [-0.2, -0.15) is 5.10 Å². The first-order chi connectivity index (χ1) is 6.74. The van der Waals surface area contributed by atoms with Gasteiger partial charge in [0.1, 0.15) is 0 Å². The molecule has 3 nitrogen and oxygen atoms in total. The molecule has 1 aromatic rings. The van der Waals surface area contributed by atoms with Crippen LogP contribution in [0.1, 0.15) is 25.5 Å². The predicted molar refractivity (Wildman–Crippen MR) is 56.9 cm³/mol. The van der Waals surface area contributed by atoms with Crippen LogP contribution >= 0.6 is 0 Å². The Morgan fingerprint density at radius 3 is 2.71 bits per heavy atom. The Balaban J connectivity index is 1.86. The van der Waals surface area contributed by atoms with E-state index in [2.05, 4.69) is 23.0 Å². The maximum absolute atomic E-state index is 4.40. The minimum Gasteiger partial charge on any atom is -0.297 e. The lowest BCUT2D eigenvalue weighted by atomic mass is 9.99. The van der Waals surface area contributed by atoms with Gasteiger partial charge in [0.2, 0.25) is 0 Å². The Morgan fingerprint density at radius 2 is 2.14 bits per heavy atom. The number of likely N-dealkylation sites (tertiary alicyclic amines) is 1. The number of hydrogen-bond donors (Lipinski definition) is 0. The van der Waals surface area contributed by atoms with E-state index in [1.807, 2.05) is 17.9 Å². The highest BCUT2D eigenvalue weighted by Gasteiger charge is 2.16. The molecule has 78 valence electrons. The Hall–Kier alpha value is -0.830. The van der Waals surface area contributed by atoms with Gasteiger partial charge in [0.25, 0.3) is 0 Å². The molecule has 0 radical (unpaired) electrons. The molecule has 0 N–H and O–H groups in total. The van der Waals surface area contributed by atoms with Crippen molar-refractivity contribution in [1.82, 2.24) is 14.7 Å². The zero-order valence-electron chi connectivity index (χ0n) is 9.11. The second-order valence-electron chi connectivity index (χ2n) is 4.44. The van der Waals surface area contributed by atoms with Crippen molar-refractivity contribution in [3.8, 4) is 0 Å². The van der Waals surface area contributed by atoms with E-state index in [-0.39, 0.29) is 0 Å². The van der Waals surface area contributed by atoms with Crippen LogP contribution in [0.25, 0.3) is 0 Å². The summed E-state index contributed by atoms with van der Waals surface area (Å²) in [5.41, 5.74) is 1.20. The van der Waals surface area contributed by atoms with E-state index in [4.69, 9.17) is 0 Å². The first-order valence-electron chi connectivity index (χ1n) is 5.45. The normalized spacial score (nSPS) is 20.1. The summed E-state index contributed by atoms with van der Waals surface area (Å²) in [5.74, 6) is 0.912. The van der Waals surface area contributed by atoms with Crippen molar-refractivity contribution in [3.05, 3.63) is 18.0 Å². The average Bonchev–Trinajstić information content (AvgIpc) is 2.56. The van der Waals surface area contributed by atoms with E-state index in [1.54, 1.807) is 0 Å². The number of hydrogen-bond acceptors (Lipinski definition) is 2. The summed E-state index contributed by atoms with van der Waals surface area (Å²) >= 11 is 0. The molecule has 0 spiro atoms. The number of nitrogens with zero attached hydrogens (tertiary/aromatic N) is 3. The molecule has 0 aromatic carbocycles. The molecule has 14 heavy (non-hydrogen) atoms. The van der Waals surface area contributed by atoms with Crippen LogP contribution in [-0.4, -0.2) is 27.8 Å². The standard InChI is InChI=1S/C11H19N3/c1-10-3-7-14(8-4-10)9-11-5-6-13(2)12-11/h5-6,10H,3-4,7-9H2,1-2H3. The van der Waals surface area contributed by atoms with Gasteiger partial charge in [-0.05, 0) is 37.9 Å². The molecule has 0 unspecified atom stereocenters. The van der Waals surface area contributed by atoms with Crippen molar-refractivity contribution in [2.45, 2.75) is 26.3 Å². The lowest BCUT2D eigenvalue weighted by Gasteiger charge is -2.29. The molecule has 0 aliphatic carbocycles. The van der Waals surface area contributed by atoms with Gasteiger partial charge in [0.05, 0.1) is 5.69 Å². The molecule has 0 amide bonds. The minimum absolute atomic E-state index is 0.912. The van der Waals surface area contributed by atoms with Gasteiger partial charge in [-0.15, -0.1) is 0 Å². The molecule has 1 fully saturated rings. The Labute approximate surface area is 85.7 Å². The highest BCUT2D eigenvalue weighted by molar-refractivity contribution is 4.98. The lowest BCUT2D eigenvalue weighted by molar-refractivity contribution is 0.183.